The minimum atomic E-state index is -0.325. The van der Waals surface area contributed by atoms with Crippen LogP contribution in [0.5, 0.6) is 0 Å². The summed E-state index contributed by atoms with van der Waals surface area (Å²) in [6.07, 6.45) is 0.680. The molecule has 5 heteroatoms. The molecule has 0 aromatic rings. The Morgan fingerprint density at radius 2 is 1.91 bits per heavy atom. The van der Waals surface area contributed by atoms with Crippen molar-refractivity contribution in [3.05, 3.63) is 0 Å². The van der Waals surface area contributed by atoms with Crippen LogP contribution in [0.3, 0.4) is 0 Å². The number of carbonyl (C=O) groups is 1. The molecule has 2 rings (SSSR count). The summed E-state index contributed by atoms with van der Waals surface area (Å²) in [7, 11) is 0. The Morgan fingerprint density at radius 1 is 1.23 bits per heavy atom. The molecule has 2 saturated heterocycles. The van der Waals surface area contributed by atoms with Crippen molar-refractivity contribution < 1.29 is 14.3 Å². The van der Waals surface area contributed by atoms with E-state index in [-0.39, 0.29) is 12.0 Å². The highest BCUT2D eigenvalue weighted by Crippen LogP contribution is 2.23. The van der Waals surface area contributed by atoms with Crippen molar-refractivity contribution in [3.63, 3.8) is 0 Å². The molecular weight excluding hydrogens is 280 g/mol. The predicted octanol–water partition coefficient (Wildman–Crippen LogP) is 1.62. The molecule has 0 aromatic carbocycles. The number of ether oxygens (including phenoxy) is 2. The molecule has 0 bridgehead atoms. The standard InChI is InChI=1S/C17H32N2O3/c1-13(2)5-8-22-15(4)17(20)19-11-14(3)16(12-19)18-6-9-21-10-7-18/h13-16H,5-12H2,1-4H3/t14-,15+,16-/m0/s1. The lowest BCUT2D eigenvalue weighted by Gasteiger charge is -2.34. The van der Waals surface area contributed by atoms with Crippen molar-refractivity contribution >= 4 is 5.91 Å². The molecule has 22 heavy (non-hydrogen) atoms. The van der Waals surface area contributed by atoms with Crippen LogP contribution in [0.25, 0.3) is 0 Å². The lowest BCUT2D eigenvalue weighted by molar-refractivity contribution is -0.142. The molecule has 0 aliphatic carbocycles. The normalized spacial score (nSPS) is 28.3. The maximum atomic E-state index is 12.6. The topological polar surface area (TPSA) is 42.0 Å². The van der Waals surface area contributed by atoms with Gasteiger partial charge in [0, 0.05) is 38.8 Å². The van der Waals surface area contributed by atoms with E-state index in [1.54, 1.807) is 0 Å². The van der Waals surface area contributed by atoms with Crippen molar-refractivity contribution in [3.8, 4) is 0 Å². The average Bonchev–Trinajstić information content (AvgIpc) is 2.88. The van der Waals surface area contributed by atoms with E-state index < -0.39 is 0 Å². The van der Waals surface area contributed by atoms with Crippen LogP contribution in [0.15, 0.2) is 0 Å². The van der Waals surface area contributed by atoms with Crippen LogP contribution in [-0.4, -0.2) is 73.9 Å². The fraction of sp³-hybridized carbons (Fsp3) is 0.941. The van der Waals surface area contributed by atoms with Gasteiger partial charge in [0.2, 0.25) is 0 Å². The molecule has 2 aliphatic rings. The van der Waals surface area contributed by atoms with E-state index in [9.17, 15) is 4.79 Å². The minimum Gasteiger partial charge on any atom is -0.379 e. The number of hydrogen-bond donors (Lipinski definition) is 0. The number of amides is 1. The second kappa shape index (κ2) is 8.27. The first-order valence-electron chi connectivity index (χ1n) is 8.71. The Labute approximate surface area is 134 Å². The molecule has 0 saturated carbocycles. The summed E-state index contributed by atoms with van der Waals surface area (Å²) in [5, 5.41) is 0. The van der Waals surface area contributed by atoms with Crippen molar-refractivity contribution in [1.29, 1.82) is 0 Å². The smallest absolute Gasteiger partial charge is 0.251 e. The molecule has 0 N–H and O–H groups in total. The molecule has 0 spiro atoms. The van der Waals surface area contributed by atoms with Crippen LogP contribution in [0, 0.1) is 11.8 Å². The fourth-order valence-electron chi connectivity index (χ4n) is 3.32. The van der Waals surface area contributed by atoms with Crippen LogP contribution in [0.2, 0.25) is 0 Å². The van der Waals surface area contributed by atoms with Gasteiger partial charge in [-0.05, 0) is 25.2 Å². The molecule has 0 unspecified atom stereocenters. The van der Waals surface area contributed by atoms with Gasteiger partial charge in [-0.3, -0.25) is 9.69 Å². The zero-order valence-electron chi connectivity index (χ0n) is 14.6. The van der Waals surface area contributed by atoms with Gasteiger partial charge in [-0.2, -0.15) is 0 Å². The molecule has 2 heterocycles. The lowest BCUT2D eigenvalue weighted by atomic mass is 10.0. The molecule has 0 radical (unpaired) electrons. The van der Waals surface area contributed by atoms with E-state index in [1.165, 1.54) is 0 Å². The van der Waals surface area contributed by atoms with Crippen LogP contribution in [0.1, 0.15) is 34.1 Å². The first-order chi connectivity index (χ1) is 10.5. The van der Waals surface area contributed by atoms with E-state index >= 15 is 0 Å². The number of likely N-dealkylation sites (tertiary alicyclic amines) is 1. The second-order valence-corrected chi connectivity index (χ2v) is 7.13. The Balaban J connectivity index is 1.81. The van der Waals surface area contributed by atoms with Crippen LogP contribution in [0.4, 0.5) is 0 Å². The summed E-state index contributed by atoms with van der Waals surface area (Å²) in [6, 6.07) is 0.468. The third-order valence-electron chi connectivity index (χ3n) is 4.81. The van der Waals surface area contributed by atoms with Crippen molar-refractivity contribution in [1.82, 2.24) is 9.80 Å². The zero-order valence-corrected chi connectivity index (χ0v) is 14.6. The Morgan fingerprint density at radius 3 is 2.55 bits per heavy atom. The van der Waals surface area contributed by atoms with Crippen LogP contribution >= 0.6 is 0 Å². The third-order valence-corrected chi connectivity index (χ3v) is 4.81. The first-order valence-corrected chi connectivity index (χ1v) is 8.71. The van der Waals surface area contributed by atoms with Gasteiger partial charge in [-0.1, -0.05) is 20.8 Å². The highest BCUT2D eigenvalue weighted by atomic mass is 16.5. The van der Waals surface area contributed by atoms with Gasteiger partial charge in [0.1, 0.15) is 6.10 Å². The minimum absolute atomic E-state index is 0.145. The largest absolute Gasteiger partial charge is 0.379 e. The molecule has 0 aromatic heterocycles. The molecule has 3 atom stereocenters. The van der Waals surface area contributed by atoms with Gasteiger partial charge < -0.3 is 14.4 Å². The van der Waals surface area contributed by atoms with Crippen molar-refractivity contribution in [2.24, 2.45) is 11.8 Å². The summed E-state index contributed by atoms with van der Waals surface area (Å²) < 4.78 is 11.1. The average molecular weight is 312 g/mol. The van der Waals surface area contributed by atoms with Crippen LogP contribution < -0.4 is 0 Å². The SMILES string of the molecule is CC(C)CCO[C@H](C)C(=O)N1C[C@H](C)[C@@H](N2CCOCC2)C1. The van der Waals surface area contributed by atoms with E-state index in [2.05, 4.69) is 25.7 Å². The summed E-state index contributed by atoms with van der Waals surface area (Å²) in [6.45, 7) is 14.4. The predicted molar refractivity (Wildman–Crippen MR) is 86.8 cm³/mol. The van der Waals surface area contributed by atoms with Gasteiger partial charge in [-0.15, -0.1) is 0 Å². The third kappa shape index (κ3) is 4.67. The zero-order chi connectivity index (χ0) is 16.1. The number of nitrogens with zero attached hydrogens (tertiary/aromatic N) is 2. The van der Waals surface area contributed by atoms with Gasteiger partial charge in [0.05, 0.1) is 13.2 Å². The summed E-state index contributed by atoms with van der Waals surface area (Å²) in [5.74, 6) is 1.27. The van der Waals surface area contributed by atoms with E-state index in [4.69, 9.17) is 9.47 Å². The maximum absolute atomic E-state index is 12.6. The molecular formula is C17H32N2O3. The molecule has 5 nitrogen and oxygen atoms in total. The van der Waals surface area contributed by atoms with Gasteiger partial charge in [0.15, 0.2) is 0 Å². The second-order valence-electron chi connectivity index (χ2n) is 7.13. The van der Waals surface area contributed by atoms with Crippen LogP contribution in [-0.2, 0) is 14.3 Å². The van der Waals surface area contributed by atoms with Gasteiger partial charge in [-0.25, -0.2) is 0 Å². The monoisotopic (exact) mass is 312 g/mol. The highest BCUT2D eigenvalue weighted by molar-refractivity contribution is 5.80. The van der Waals surface area contributed by atoms with E-state index in [0.717, 1.165) is 45.8 Å². The lowest BCUT2D eigenvalue weighted by Crippen LogP contribution is -2.47. The van der Waals surface area contributed by atoms with E-state index in [1.807, 2.05) is 11.8 Å². The number of hydrogen-bond acceptors (Lipinski definition) is 4. The number of morpholine rings is 1. The Bertz CT molecular complexity index is 356. The van der Waals surface area contributed by atoms with E-state index in [0.29, 0.717) is 24.5 Å². The van der Waals surface area contributed by atoms with Crippen molar-refractivity contribution in [2.75, 3.05) is 46.0 Å². The summed E-state index contributed by atoms with van der Waals surface area (Å²) in [4.78, 5) is 17.0. The Kier molecular flexibility index (Phi) is 6.66. The van der Waals surface area contributed by atoms with Crippen molar-refractivity contribution in [2.45, 2.75) is 46.3 Å². The fourth-order valence-corrected chi connectivity index (χ4v) is 3.32. The molecule has 2 fully saturated rings. The number of rotatable bonds is 6. The summed E-state index contributed by atoms with van der Waals surface area (Å²) >= 11 is 0. The van der Waals surface area contributed by atoms with Gasteiger partial charge >= 0.3 is 0 Å². The molecule has 128 valence electrons. The quantitative estimate of drug-likeness (QED) is 0.747. The number of carbonyl (C=O) groups excluding carboxylic acids is 1. The Hall–Kier alpha value is -0.650. The first kappa shape index (κ1) is 17.7. The molecule has 1 amide bonds. The highest BCUT2D eigenvalue weighted by Gasteiger charge is 2.37. The van der Waals surface area contributed by atoms with Gasteiger partial charge in [0.25, 0.3) is 5.91 Å². The molecule has 2 aliphatic heterocycles. The maximum Gasteiger partial charge on any atom is 0.251 e. The summed E-state index contributed by atoms with van der Waals surface area (Å²) in [5.41, 5.74) is 0.